The van der Waals surface area contributed by atoms with Crippen LogP contribution in [0.15, 0.2) is 18.2 Å². The number of hydrogen-bond donors (Lipinski definition) is 1. The van der Waals surface area contributed by atoms with E-state index >= 15 is 0 Å². The molecule has 0 saturated carbocycles. The summed E-state index contributed by atoms with van der Waals surface area (Å²) in [6, 6.07) is 6.25. The molecule has 0 saturated heterocycles. The molecule has 18 heavy (non-hydrogen) atoms. The Labute approximate surface area is 109 Å². The van der Waals surface area contributed by atoms with Crippen molar-refractivity contribution in [3.8, 4) is 0 Å². The van der Waals surface area contributed by atoms with Crippen molar-refractivity contribution in [2.75, 3.05) is 13.7 Å². The lowest BCUT2D eigenvalue weighted by atomic mass is 10.0. The number of aryl methyl sites for hydroxylation is 2. The maximum absolute atomic E-state index is 12.1. The molecule has 1 atom stereocenters. The molecule has 0 fully saturated rings. The SMILES string of the molecule is CCC(CO)C(=O)N(C)Cc1ccc(C)cc1C. The van der Waals surface area contributed by atoms with Crippen LogP contribution in [0.25, 0.3) is 0 Å². The summed E-state index contributed by atoms with van der Waals surface area (Å²) in [5.74, 6) is -0.263. The Morgan fingerprint density at radius 2 is 2.06 bits per heavy atom. The Bertz CT molecular complexity index is 411. The number of amides is 1. The maximum atomic E-state index is 12.1. The lowest BCUT2D eigenvalue weighted by molar-refractivity contribution is -0.136. The third kappa shape index (κ3) is 3.57. The van der Waals surface area contributed by atoms with Gasteiger partial charge in [0.15, 0.2) is 0 Å². The Balaban J connectivity index is 2.75. The van der Waals surface area contributed by atoms with Gasteiger partial charge in [0.2, 0.25) is 5.91 Å². The second-order valence-corrected chi connectivity index (χ2v) is 4.91. The zero-order valence-electron chi connectivity index (χ0n) is 11.7. The van der Waals surface area contributed by atoms with Crippen LogP contribution in [0, 0.1) is 19.8 Å². The molecule has 0 bridgehead atoms. The van der Waals surface area contributed by atoms with Crippen LogP contribution in [-0.2, 0) is 11.3 Å². The largest absolute Gasteiger partial charge is 0.396 e. The number of aliphatic hydroxyl groups excluding tert-OH is 1. The number of hydrogen-bond acceptors (Lipinski definition) is 2. The lowest BCUT2D eigenvalue weighted by Crippen LogP contribution is -2.34. The van der Waals surface area contributed by atoms with Crippen LogP contribution in [0.1, 0.15) is 30.0 Å². The minimum Gasteiger partial charge on any atom is -0.396 e. The molecule has 0 aliphatic rings. The molecular formula is C15H23NO2. The van der Waals surface area contributed by atoms with Crippen LogP contribution in [0.2, 0.25) is 0 Å². The maximum Gasteiger partial charge on any atom is 0.228 e. The molecule has 1 aromatic carbocycles. The van der Waals surface area contributed by atoms with Gasteiger partial charge in [0, 0.05) is 13.6 Å². The van der Waals surface area contributed by atoms with Crippen LogP contribution < -0.4 is 0 Å². The van der Waals surface area contributed by atoms with Gasteiger partial charge in [-0.1, -0.05) is 30.7 Å². The highest BCUT2D eigenvalue weighted by molar-refractivity contribution is 5.78. The summed E-state index contributed by atoms with van der Waals surface area (Å²) >= 11 is 0. The van der Waals surface area contributed by atoms with Crippen molar-refractivity contribution in [1.82, 2.24) is 4.90 Å². The van der Waals surface area contributed by atoms with Crippen LogP contribution in [-0.4, -0.2) is 29.6 Å². The first-order valence-electron chi connectivity index (χ1n) is 6.41. The molecule has 3 heteroatoms. The highest BCUT2D eigenvalue weighted by Crippen LogP contribution is 2.14. The number of carbonyl (C=O) groups is 1. The summed E-state index contributed by atoms with van der Waals surface area (Å²) in [7, 11) is 1.79. The van der Waals surface area contributed by atoms with Crippen molar-refractivity contribution in [2.45, 2.75) is 33.7 Å². The third-order valence-electron chi connectivity index (χ3n) is 3.34. The average Bonchev–Trinajstić information content (AvgIpc) is 2.34. The third-order valence-corrected chi connectivity index (χ3v) is 3.34. The fourth-order valence-electron chi connectivity index (χ4n) is 2.05. The van der Waals surface area contributed by atoms with E-state index in [2.05, 4.69) is 32.0 Å². The molecular weight excluding hydrogens is 226 g/mol. The molecule has 1 N–H and O–H groups in total. The molecule has 0 aromatic heterocycles. The molecule has 0 spiro atoms. The van der Waals surface area contributed by atoms with Gasteiger partial charge >= 0.3 is 0 Å². The zero-order chi connectivity index (χ0) is 13.7. The first-order valence-corrected chi connectivity index (χ1v) is 6.41. The molecule has 100 valence electrons. The molecule has 3 nitrogen and oxygen atoms in total. The molecule has 1 unspecified atom stereocenters. The van der Waals surface area contributed by atoms with E-state index in [9.17, 15) is 4.79 Å². The Kier molecular flexibility index (Phi) is 5.35. The van der Waals surface area contributed by atoms with E-state index in [-0.39, 0.29) is 18.4 Å². The van der Waals surface area contributed by atoms with Gasteiger partial charge < -0.3 is 10.0 Å². The van der Waals surface area contributed by atoms with E-state index in [0.29, 0.717) is 13.0 Å². The van der Waals surface area contributed by atoms with Crippen LogP contribution in [0.5, 0.6) is 0 Å². The molecule has 0 aliphatic heterocycles. The first kappa shape index (κ1) is 14.7. The van der Waals surface area contributed by atoms with Crippen molar-refractivity contribution >= 4 is 5.91 Å². The number of aliphatic hydroxyl groups is 1. The van der Waals surface area contributed by atoms with Crippen molar-refractivity contribution in [3.63, 3.8) is 0 Å². The summed E-state index contributed by atoms with van der Waals surface area (Å²) in [6.07, 6.45) is 0.673. The second-order valence-electron chi connectivity index (χ2n) is 4.91. The topological polar surface area (TPSA) is 40.5 Å². The van der Waals surface area contributed by atoms with Crippen molar-refractivity contribution in [2.24, 2.45) is 5.92 Å². The Morgan fingerprint density at radius 3 is 2.56 bits per heavy atom. The summed E-state index contributed by atoms with van der Waals surface area (Å²) in [4.78, 5) is 13.8. The van der Waals surface area contributed by atoms with E-state index in [0.717, 1.165) is 5.56 Å². The van der Waals surface area contributed by atoms with Gasteiger partial charge in [-0.05, 0) is 31.4 Å². The van der Waals surface area contributed by atoms with Gasteiger partial charge in [0.05, 0.1) is 12.5 Å². The van der Waals surface area contributed by atoms with Crippen LogP contribution in [0.4, 0.5) is 0 Å². The predicted molar refractivity (Wildman–Crippen MR) is 73.3 cm³/mol. The normalized spacial score (nSPS) is 12.3. The van der Waals surface area contributed by atoms with E-state index < -0.39 is 0 Å². The zero-order valence-corrected chi connectivity index (χ0v) is 11.7. The smallest absolute Gasteiger partial charge is 0.228 e. The van der Waals surface area contributed by atoms with Crippen molar-refractivity contribution in [3.05, 3.63) is 34.9 Å². The number of nitrogens with zero attached hydrogens (tertiary/aromatic N) is 1. The Morgan fingerprint density at radius 1 is 1.39 bits per heavy atom. The predicted octanol–water partition coefficient (Wildman–Crippen LogP) is 2.28. The van der Waals surface area contributed by atoms with E-state index in [4.69, 9.17) is 5.11 Å². The lowest BCUT2D eigenvalue weighted by Gasteiger charge is -2.22. The highest BCUT2D eigenvalue weighted by atomic mass is 16.3. The monoisotopic (exact) mass is 249 g/mol. The van der Waals surface area contributed by atoms with Gasteiger partial charge in [-0.2, -0.15) is 0 Å². The molecule has 1 rings (SSSR count). The molecule has 0 heterocycles. The Hall–Kier alpha value is -1.35. The van der Waals surface area contributed by atoms with Crippen molar-refractivity contribution < 1.29 is 9.90 Å². The van der Waals surface area contributed by atoms with Gasteiger partial charge in [0.25, 0.3) is 0 Å². The summed E-state index contributed by atoms with van der Waals surface area (Å²) < 4.78 is 0. The number of rotatable bonds is 5. The van der Waals surface area contributed by atoms with Gasteiger partial charge in [-0.25, -0.2) is 0 Å². The van der Waals surface area contributed by atoms with Crippen LogP contribution in [0.3, 0.4) is 0 Å². The summed E-state index contributed by atoms with van der Waals surface area (Å²) in [5.41, 5.74) is 3.59. The van der Waals surface area contributed by atoms with Crippen molar-refractivity contribution in [1.29, 1.82) is 0 Å². The van der Waals surface area contributed by atoms with Gasteiger partial charge in [-0.15, -0.1) is 0 Å². The molecule has 1 aromatic rings. The fourth-order valence-corrected chi connectivity index (χ4v) is 2.05. The average molecular weight is 249 g/mol. The summed E-state index contributed by atoms with van der Waals surface area (Å²) in [6.45, 7) is 6.56. The summed E-state index contributed by atoms with van der Waals surface area (Å²) in [5, 5.41) is 9.15. The first-order chi connectivity index (χ1) is 8.49. The fraction of sp³-hybridized carbons (Fsp3) is 0.533. The minimum atomic E-state index is -0.277. The minimum absolute atomic E-state index is 0.0139. The quantitative estimate of drug-likeness (QED) is 0.869. The van der Waals surface area contributed by atoms with Gasteiger partial charge in [-0.3, -0.25) is 4.79 Å². The molecule has 0 radical (unpaired) electrons. The molecule has 0 aliphatic carbocycles. The van der Waals surface area contributed by atoms with E-state index in [1.807, 2.05) is 6.92 Å². The molecule has 1 amide bonds. The standard InChI is InChI=1S/C15H23NO2/c1-5-13(10-17)15(18)16(4)9-14-7-6-11(2)8-12(14)3/h6-8,13,17H,5,9-10H2,1-4H3. The highest BCUT2D eigenvalue weighted by Gasteiger charge is 2.19. The van der Waals surface area contributed by atoms with Crippen LogP contribution >= 0.6 is 0 Å². The van der Waals surface area contributed by atoms with E-state index in [1.165, 1.54) is 11.1 Å². The number of carbonyl (C=O) groups excluding carboxylic acids is 1. The second kappa shape index (κ2) is 6.55. The van der Waals surface area contributed by atoms with E-state index in [1.54, 1.807) is 11.9 Å². The number of benzene rings is 1. The van der Waals surface area contributed by atoms with Gasteiger partial charge in [0.1, 0.15) is 0 Å².